The Balaban J connectivity index is 1.25. The van der Waals surface area contributed by atoms with Crippen LogP contribution in [0.1, 0.15) is 17.0 Å². The second-order valence-electron chi connectivity index (χ2n) is 7.56. The van der Waals surface area contributed by atoms with E-state index < -0.39 is 0 Å². The highest BCUT2D eigenvalue weighted by Crippen LogP contribution is 2.23. The molecule has 1 aliphatic heterocycles. The third kappa shape index (κ3) is 4.79. The average molecular weight is 381 g/mol. The van der Waals surface area contributed by atoms with Crippen LogP contribution in [0.25, 0.3) is 0 Å². The first-order valence-electron chi connectivity index (χ1n) is 9.74. The minimum absolute atomic E-state index is 0.230. The Labute approximate surface area is 165 Å². The molecule has 2 atom stereocenters. The lowest BCUT2D eigenvalue weighted by molar-refractivity contribution is 0.140. The van der Waals surface area contributed by atoms with Crippen molar-refractivity contribution in [1.82, 2.24) is 24.6 Å². The number of benzene rings is 1. The van der Waals surface area contributed by atoms with Gasteiger partial charge in [-0.2, -0.15) is 5.10 Å². The van der Waals surface area contributed by atoms with Crippen LogP contribution in [0.2, 0.25) is 0 Å². The number of rotatable bonds is 8. The molecule has 0 bridgehead atoms. The van der Waals surface area contributed by atoms with E-state index in [9.17, 15) is 5.11 Å². The molecule has 7 nitrogen and oxygen atoms in total. The summed E-state index contributed by atoms with van der Waals surface area (Å²) in [5.74, 6) is 1.10. The van der Waals surface area contributed by atoms with Crippen molar-refractivity contribution >= 4 is 0 Å². The average Bonchev–Trinajstić information content (AvgIpc) is 3.41. The van der Waals surface area contributed by atoms with Gasteiger partial charge in [0, 0.05) is 43.6 Å². The molecule has 0 saturated carbocycles. The van der Waals surface area contributed by atoms with Gasteiger partial charge in [0.05, 0.1) is 24.7 Å². The molecular formula is C21H27N5O2. The largest absolute Gasteiger partial charge is 0.492 e. The fourth-order valence-electron chi connectivity index (χ4n) is 3.76. The molecule has 4 rings (SSSR count). The summed E-state index contributed by atoms with van der Waals surface area (Å²) in [5.41, 5.74) is 3.32. The SMILES string of the molecule is Cc1cc(C[C@@H]2CN(Cc3ccc(OCCn4ccnc4)cc3)C[C@H]2O)n[nH]1. The number of aromatic nitrogens is 4. The molecule has 0 radical (unpaired) electrons. The number of aromatic amines is 1. The monoisotopic (exact) mass is 381 g/mol. The summed E-state index contributed by atoms with van der Waals surface area (Å²) < 4.78 is 7.79. The van der Waals surface area contributed by atoms with Crippen LogP contribution < -0.4 is 4.74 Å². The lowest BCUT2D eigenvalue weighted by atomic mass is 10.0. The van der Waals surface area contributed by atoms with E-state index in [4.69, 9.17) is 4.74 Å². The number of aliphatic hydroxyl groups excluding tert-OH is 1. The smallest absolute Gasteiger partial charge is 0.119 e. The van der Waals surface area contributed by atoms with Gasteiger partial charge >= 0.3 is 0 Å². The van der Waals surface area contributed by atoms with Crippen LogP contribution in [0.5, 0.6) is 5.75 Å². The van der Waals surface area contributed by atoms with Gasteiger partial charge in [-0.1, -0.05) is 12.1 Å². The van der Waals surface area contributed by atoms with Gasteiger partial charge in [-0.15, -0.1) is 0 Å². The van der Waals surface area contributed by atoms with Gasteiger partial charge in [-0.25, -0.2) is 4.98 Å². The molecular weight excluding hydrogens is 354 g/mol. The van der Waals surface area contributed by atoms with E-state index in [0.29, 0.717) is 13.2 Å². The van der Waals surface area contributed by atoms with Gasteiger partial charge in [-0.05, 0) is 37.1 Å². The Morgan fingerprint density at radius 2 is 2.11 bits per heavy atom. The van der Waals surface area contributed by atoms with Crippen molar-refractivity contribution in [2.75, 3.05) is 19.7 Å². The molecule has 3 heterocycles. The standard InChI is InChI=1S/C21H27N5O2/c1-16-10-19(24-23-16)11-18-13-26(14-21(18)27)12-17-2-4-20(5-3-17)28-9-8-25-7-6-22-15-25/h2-7,10,15,18,21,27H,8-9,11-14H2,1H3,(H,23,24)/t18-,21-/m1/s1. The lowest BCUT2D eigenvalue weighted by Gasteiger charge is -2.16. The van der Waals surface area contributed by atoms with Crippen molar-refractivity contribution in [3.05, 3.63) is 66.0 Å². The lowest BCUT2D eigenvalue weighted by Crippen LogP contribution is -2.21. The van der Waals surface area contributed by atoms with E-state index in [1.54, 1.807) is 12.5 Å². The zero-order valence-electron chi connectivity index (χ0n) is 16.2. The number of nitrogens with zero attached hydrogens (tertiary/aromatic N) is 4. The molecule has 1 fully saturated rings. The van der Waals surface area contributed by atoms with Crippen molar-refractivity contribution in [2.45, 2.75) is 32.5 Å². The summed E-state index contributed by atoms with van der Waals surface area (Å²) in [4.78, 5) is 6.33. The van der Waals surface area contributed by atoms with Gasteiger partial charge < -0.3 is 14.4 Å². The maximum atomic E-state index is 10.4. The van der Waals surface area contributed by atoms with Gasteiger partial charge in [0.1, 0.15) is 12.4 Å². The van der Waals surface area contributed by atoms with Crippen LogP contribution in [0.4, 0.5) is 0 Å². The van der Waals surface area contributed by atoms with Crippen LogP contribution in [-0.4, -0.2) is 55.6 Å². The van der Waals surface area contributed by atoms with Crippen molar-refractivity contribution < 1.29 is 9.84 Å². The van der Waals surface area contributed by atoms with E-state index in [1.807, 2.05) is 29.8 Å². The van der Waals surface area contributed by atoms with Crippen molar-refractivity contribution in [3.8, 4) is 5.75 Å². The summed E-state index contributed by atoms with van der Waals surface area (Å²) >= 11 is 0. The van der Waals surface area contributed by atoms with Crippen LogP contribution in [0, 0.1) is 12.8 Å². The zero-order chi connectivity index (χ0) is 19.3. The maximum Gasteiger partial charge on any atom is 0.119 e. The van der Waals surface area contributed by atoms with Crippen molar-refractivity contribution in [3.63, 3.8) is 0 Å². The quantitative estimate of drug-likeness (QED) is 0.624. The van der Waals surface area contributed by atoms with E-state index in [2.05, 4.69) is 38.3 Å². The molecule has 28 heavy (non-hydrogen) atoms. The molecule has 2 aromatic heterocycles. The Bertz CT molecular complexity index is 859. The first-order valence-corrected chi connectivity index (χ1v) is 9.74. The zero-order valence-corrected chi connectivity index (χ0v) is 16.2. The predicted octanol–water partition coefficient (Wildman–Crippen LogP) is 2.03. The molecule has 7 heteroatoms. The molecule has 2 N–H and O–H groups in total. The molecule has 148 valence electrons. The van der Waals surface area contributed by atoms with Crippen LogP contribution in [0.15, 0.2) is 49.1 Å². The van der Waals surface area contributed by atoms with E-state index in [-0.39, 0.29) is 12.0 Å². The van der Waals surface area contributed by atoms with Gasteiger partial charge in [0.25, 0.3) is 0 Å². The number of aryl methyl sites for hydroxylation is 1. The number of hydrogen-bond donors (Lipinski definition) is 2. The van der Waals surface area contributed by atoms with Crippen LogP contribution in [-0.2, 0) is 19.5 Å². The fraction of sp³-hybridized carbons (Fsp3) is 0.429. The number of hydrogen-bond acceptors (Lipinski definition) is 5. The molecule has 1 saturated heterocycles. The first-order chi connectivity index (χ1) is 13.7. The second kappa shape index (κ2) is 8.58. The number of nitrogens with one attached hydrogen (secondary N) is 1. The molecule has 1 aliphatic rings. The van der Waals surface area contributed by atoms with Crippen LogP contribution in [0.3, 0.4) is 0 Å². The summed E-state index contributed by atoms with van der Waals surface area (Å²) in [6.07, 6.45) is 5.99. The van der Waals surface area contributed by atoms with E-state index >= 15 is 0 Å². The number of H-pyrrole nitrogens is 1. The summed E-state index contributed by atoms with van der Waals surface area (Å²) in [7, 11) is 0. The third-order valence-electron chi connectivity index (χ3n) is 5.22. The Morgan fingerprint density at radius 3 is 2.82 bits per heavy atom. The Morgan fingerprint density at radius 1 is 1.25 bits per heavy atom. The van der Waals surface area contributed by atoms with E-state index in [0.717, 1.165) is 43.2 Å². The van der Waals surface area contributed by atoms with Crippen molar-refractivity contribution in [2.24, 2.45) is 5.92 Å². The topological polar surface area (TPSA) is 79.2 Å². The molecule has 0 unspecified atom stereocenters. The second-order valence-corrected chi connectivity index (χ2v) is 7.56. The Kier molecular flexibility index (Phi) is 5.73. The van der Waals surface area contributed by atoms with Crippen molar-refractivity contribution in [1.29, 1.82) is 0 Å². The molecule has 3 aromatic rings. The normalized spacial score (nSPS) is 19.9. The third-order valence-corrected chi connectivity index (χ3v) is 5.22. The molecule has 0 amide bonds. The van der Waals surface area contributed by atoms with Gasteiger partial charge in [0.2, 0.25) is 0 Å². The van der Waals surface area contributed by atoms with Gasteiger partial charge in [0.15, 0.2) is 0 Å². The summed E-state index contributed by atoms with van der Waals surface area (Å²) in [5, 5.41) is 17.7. The van der Waals surface area contributed by atoms with E-state index in [1.165, 1.54) is 5.56 Å². The number of ether oxygens (including phenoxy) is 1. The molecule has 1 aromatic carbocycles. The summed E-state index contributed by atoms with van der Waals surface area (Å²) in [6.45, 7) is 5.82. The van der Waals surface area contributed by atoms with Crippen LogP contribution >= 0.6 is 0 Å². The predicted molar refractivity (Wildman–Crippen MR) is 106 cm³/mol. The first kappa shape index (κ1) is 18.7. The fourth-order valence-corrected chi connectivity index (χ4v) is 3.76. The number of likely N-dealkylation sites (tertiary alicyclic amines) is 1. The number of aliphatic hydroxyl groups is 1. The minimum Gasteiger partial charge on any atom is -0.492 e. The number of β-amino-alcohol motifs (C(OH)–C–C–N with tert-alkyl or cyclic N) is 1. The van der Waals surface area contributed by atoms with Gasteiger partial charge in [-0.3, -0.25) is 10.00 Å². The number of imidazole rings is 1. The highest BCUT2D eigenvalue weighted by molar-refractivity contribution is 5.27. The maximum absolute atomic E-state index is 10.4. The Hall–Kier alpha value is -2.64. The highest BCUT2D eigenvalue weighted by Gasteiger charge is 2.31. The summed E-state index contributed by atoms with van der Waals surface area (Å²) in [6, 6.07) is 10.3. The molecule has 0 spiro atoms. The molecule has 0 aliphatic carbocycles. The highest BCUT2D eigenvalue weighted by atomic mass is 16.5. The minimum atomic E-state index is -0.303.